The first-order valence-electron chi connectivity index (χ1n) is 9.71. The van der Waals surface area contributed by atoms with Gasteiger partial charge < -0.3 is 4.74 Å². The number of aromatic nitrogens is 4. The highest BCUT2D eigenvalue weighted by atomic mass is 16.5. The quantitative estimate of drug-likeness (QED) is 0.695. The number of rotatable bonds is 4. The molecule has 0 saturated heterocycles. The summed E-state index contributed by atoms with van der Waals surface area (Å²) in [6.07, 6.45) is 1.03. The fraction of sp³-hybridized carbons (Fsp3) is 0.409. The van der Waals surface area contributed by atoms with Crippen molar-refractivity contribution in [1.29, 1.82) is 0 Å². The molecule has 6 heteroatoms. The van der Waals surface area contributed by atoms with E-state index in [0.717, 1.165) is 31.1 Å². The number of tetrazole rings is 1. The molecule has 6 nitrogen and oxygen atoms in total. The molecule has 0 fully saturated rings. The van der Waals surface area contributed by atoms with E-state index in [9.17, 15) is 0 Å². The lowest BCUT2D eigenvalue weighted by Crippen LogP contribution is -2.38. The molecule has 0 amide bonds. The molecule has 0 aliphatic carbocycles. The first-order chi connectivity index (χ1) is 13.5. The number of fused-ring (bicyclic) bond motifs is 1. The summed E-state index contributed by atoms with van der Waals surface area (Å²) in [5.41, 5.74) is 3.78. The minimum atomic E-state index is -0.197. The van der Waals surface area contributed by atoms with Crippen LogP contribution in [0.1, 0.15) is 49.3 Å². The zero-order chi connectivity index (χ0) is 19.7. The molecule has 28 heavy (non-hydrogen) atoms. The van der Waals surface area contributed by atoms with Crippen LogP contribution in [0.3, 0.4) is 0 Å². The topological polar surface area (TPSA) is 56.1 Å². The van der Waals surface area contributed by atoms with E-state index >= 15 is 0 Å². The van der Waals surface area contributed by atoms with Crippen molar-refractivity contribution in [3.63, 3.8) is 0 Å². The SMILES string of the molecule is COc1ccc(C(c2nnnn2C(C)(C)C)N2CCc3ccccc3C2)cc1. The minimum absolute atomic E-state index is 0.0199. The zero-order valence-electron chi connectivity index (χ0n) is 17.0. The average Bonchev–Trinajstić information content (AvgIpc) is 3.18. The van der Waals surface area contributed by atoms with Crippen molar-refractivity contribution in [2.75, 3.05) is 13.7 Å². The molecule has 0 saturated carbocycles. The summed E-state index contributed by atoms with van der Waals surface area (Å²) < 4.78 is 7.30. The maximum Gasteiger partial charge on any atom is 0.173 e. The molecule has 1 aromatic heterocycles. The Hall–Kier alpha value is -2.73. The first kappa shape index (κ1) is 18.6. The normalized spacial score (nSPS) is 15.9. The lowest BCUT2D eigenvalue weighted by molar-refractivity contribution is 0.185. The van der Waals surface area contributed by atoms with Crippen LogP contribution >= 0.6 is 0 Å². The lowest BCUT2D eigenvalue weighted by Gasteiger charge is -2.36. The Morgan fingerprint density at radius 2 is 1.71 bits per heavy atom. The number of ether oxygens (including phenoxy) is 1. The lowest BCUT2D eigenvalue weighted by atomic mass is 9.95. The van der Waals surface area contributed by atoms with E-state index in [1.54, 1.807) is 7.11 Å². The highest BCUT2D eigenvalue weighted by Crippen LogP contribution is 2.34. The molecule has 146 valence electrons. The third-order valence-corrected chi connectivity index (χ3v) is 5.33. The molecule has 0 radical (unpaired) electrons. The van der Waals surface area contributed by atoms with Crippen molar-refractivity contribution in [3.8, 4) is 5.75 Å². The van der Waals surface area contributed by atoms with Crippen molar-refractivity contribution >= 4 is 0 Å². The van der Waals surface area contributed by atoms with E-state index in [0.29, 0.717) is 0 Å². The van der Waals surface area contributed by atoms with Crippen molar-refractivity contribution in [3.05, 3.63) is 71.0 Å². The molecular formula is C22H27N5O. The zero-order valence-corrected chi connectivity index (χ0v) is 17.0. The largest absolute Gasteiger partial charge is 0.497 e. The minimum Gasteiger partial charge on any atom is -0.497 e. The van der Waals surface area contributed by atoms with Crippen molar-refractivity contribution < 1.29 is 4.74 Å². The first-order valence-corrected chi connectivity index (χ1v) is 9.71. The summed E-state index contributed by atoms with van der Waals surface area (Å²) in [6.45, 7) is 8.23. The highest BCUT2D eigenvalue weighted by Gasteiger charge is 2.33. The van der Waals surface area contributed by atoms with Crippen LogP contribution in [-0.2, 0) is 18.5 Å². The number of methoxy groups -OCH3 is 1. The molecule has 1 aliphatic heterocycles. The van der Waals surface area contributed by atoms with Crippen LogP contribution in [0.2, 0.25) is 0 Å². The number of nitrogens with zero attached hydrogens (tertiary/aromatic N) is 5. The Balaban J connectivity index is 1.77. The number of hydrogen-bond donors (Lipinski definition) is 0. The van der Waals surface area contributed by atoms with Gasteiger partial charge in [0.25, 0.3) is 0 Å². The Labute approximate surface area is 166 Å². The van der Waals surface area contributed by atoms with Gasteiger partial charge in [-0.3, -0.25) is 4.90 Å². The molecule has 0 spiro atoms. The predicted molar refractivity (Wildman–Crippen MR) is 108 cm³/mol. The highest BCUT2D eigenvalue weighted by molar-refractivity contribution is 5.34. The van der Waals surface area contributed by atoms with E-state index in [-0.39, 0.29) is 11.6 Å². The summed E-state index contributed by atoms with van der Waals surface area (Å²) in [4.78, 5) is 2.47. The van der Waals surface area contributed by atoms with E-state index in [2.05, 4.69) is 77.6 Å². The molecule has 0 bridgehead atoms. The summed E-state index contributed by atoms with van der Waals surface area (Å²) in [5, 5.41) is 12.8. The maximum absolute atomic E-state index is 5.35. The Morgan fingerprint density at radius 3 is 2.39 bits per heavy atom. The van der Waals surface area contributed by atoms with E-state index in [1.807, 2.05) is 16.8 Å². The molecule has 1 atom stereocenters. The molecule has 2 heterocycles. The summed E-state index contributed by atoms with van der Waals surface area (Å²) in [7, 11) is 1.69. The van der Waals surface area contributed by atoms with Gasteiger partial charge in [0.2, 0.25) is 0 Å². The van der Waals surface area contributed by atoms with Crippen LogP contribution in [0.25, 0.3) is 0 Å². The summed E-state index contributed by atoms with van der Waals surface area (Å²) in [6, 6.07) is 16.9. The summed E-state index contributed by atoms with van der Waals surface area (Å²) in [5.74, 6) is 1.72. The van der Waals surface area contributed by atoms with Gasteiger partial charge in [-0.15, -0.1) is 5.10 Å². The van der Waals surface area contributed by atoms with E-state index in [1.165, 1.54) is 16.7 Å². The monoisotopic (exact) mass is 377 g/mol. The second-order valence-electron chi connectivity index (χ2n) is 8.28. The average molecular weight is 377 g/mol. The fourth-order valence-electron chi connectivity index (χ4n) is 3.89. The molecule has 3 aromatic rings. The second-order valence-corrected chi connectivity index (χ2v) is 8.28. The Morgan fingerprint density at radius 1 is 1.00 bits per heavy atom. The number of hydrogen-bond acceptors (Lipinski definition) is 5. The standard InChI is InChI=1S/C22H27N5O/c1-22(2,3)27-21(23-24-25-27)20(17-9-11-19(28-4)12-10-17)26-14-13-16-7-5-6-8-18(16)15-26/h5-12,20H,13-15H2,1-4H3. The predicted octanol–water partition coefficient (Wildman–Crippen LogP) is 3.58. The van der Waals surface area contributed by atoms with Crippen LogP contribution in [0.15, 0.2) is 48.5 Å². The molecule has 0 N–H and O–H groups in total. The van der Waals surface area contributed by atoms with Crippen molar-refractivity contribution in [2.45, 2.75) is 45.3 Å². The van der Waals surface area contributed by atoms with Crippen LogP contribution < -0.4 is 4.74 Å². The Bertz CT molecular complexity index is 942. The van der Waals surface area contributed by atoms with E-state index < -0.39 is 0 Å². The molecule has 4 rings (SSSR count). The van der Waals surface area contributed by atoms with E-state index in [4.69, 9.17) is 4.74 Å². The van der Waals surface area contributed by atoms with Crippen LogP contribution in [0.4, 0.5) is 0 Å². The van der Waals surface area contributed by atoms with Gasteiger partial charge in [-0.05, 0) is 66.4 Å². The maximum atomic E-state index is 5.35. The Kier molecular flexibility index (Phi) is 4.89. The van der Waals surface area contributed by atoms with Crippen LogP contribution in [0.5, 0.6) is 5.75 Å². The van der Waals surface area contributed by atoms with Gasteiger partial charge in [-0.2, -0.15) is 0 Å². The fourth-order valence-corrected chi connectivity index (χ4v) is 3.89. The van der Waals surface area contributed by atoms with Gasteiger partial charge in [0.15, 0.2) is 5.82 Å². The molecule has 2 aromatic carbocycles. The van der Waals surface area contributed by atoms with Crippen LogP contribution in [0, 0.1) is 0 Å². The molecule has 1 unspecified atom stereocenters. The van der Waals surface area contributed by atoms with Gasteiger partial charge in [0, 0.05) is 13.1 Å². The third-order valence-electron chi connectivity index (χ3n) is 5.33. The van der Waals surface area contributed by atoms with Gasteiger partial charge in [0.1, 0.15) is 5.75 Å². The third kappa shape index (κ3) is 3.52. The molecule has 1 aliphatic rings. The second kappa shape index (κ2) is 7.36. The van der Waals surface area contributed by atoms with Gasteiger partial charge in [-0.25, -0.2) is 4.68 Å². The van der Waals surface area contributed by atoms with Crippen LogP contribution in [-0.4, -0.2) is 38.8 Å². The van der Waals surface area contributed by atoms with Gasteiger partial charge >= 0.3 is 0 Å². The molecular weight excluding hydrogens is 350 g/mol. The van der Waals surface area contributed by atoms with Gasteiger partial charge in [0.05, 0.1) is 18.7 Å². The van der Waals surface area contributed by atoms with Crippen molar-refractivity contribution in [2.24, 2.45) is 0 Å². The van der Waals surface area contributed by atoms with Crippen molar-refractivity contribution in [1.82, 2.24) is 25.1 Å². The number of benzene rings is 2. The summed E-state index contributed by atoms with van der Waals surface area (Å²) >= 11 is 0. The smallest absolute Gasteiger partial charge is 0.173 e. The van der Waals surface area contributed by atoms with Gasteiger partial charge in [-0.1, -0.05) is 36.4 Å².